The lowest BCUT2D eigenvalue weighted by Gasteiger charge is -2.14. The van der Waals surface area contributed by atoms with Crippen molar-refractivity contribution >= 4 is 23.5 Å². The van der Waals surface area contributed by atoms with Crippen LogP contribution in [0.4, 0.5) is 10.1 Å². The molecule has 21 heavy (non-hydrogen) atoms. The molecule has 2 rings (SSSR count). The molecule has 3 N–H and O–H groups in total. The Morgan fingerprint density at radius 3 is 2.52 bits per heavy atom. The molecule has 112 valence electrons. The van der Waals surface area contributed by atoms with Gasteiger partial charge in [0.05, 0.1) is 5.56 Å². The monoisotopic (exact) mass is 294 g/mol. The van der Waals surface area contributed by atoms with E-state index in [9.17, 15) is 18.8 Å². The summed E-state index contributed by atoms with van der Waals surface area (Å²) in [6, 6.07) is 2.54. The van der Waals surface area contributed by atoms with Gasteiger partial charge in [-0.1, -0.05) is 0 Å². The number of carboxylic acid groups (broad SMARTS) is 1. The van der Waals surface area contributed by atoms with Crippen LogP contribution in [0.3, 0.4) is 0 Å². The summed E-state index contributed by atoms with van der Waals surface area (Å²) < 4.78 is 13.7. The van der Waals surface area contributed by atoms with Gasteiger partial charge in [-0.25, -0.2) is 9.18 Å². The molecule has 0 heterocycles. The maximum absolute atomic E-state index is 13.7. The van der Waals surface area contributed by atoms with E-state index < -0.39 is 23.7 Å². The highest BCUT2D eigenvalue weighted by molar-refractivity contribution is 5.98. The molecule has 6 nitrogen and oxygen atoms in total. The molecular weight excluding hydrogens is 279 g/mol. The quantitative estimate of drug-likeness (QED) is 0.764. The summed E-state index contributed by atoms with van der Waals surface area (Å²) in [7, 11) is 0. The zero-order valence-corrected chi connectivity index (χ0v) is 11.4. The van der Waals surface area contributed by atoms with Gasteiger partial charge in [-0.3, -0.25) is 9.59 Å². The zero-order chi connectivity index (χ0) is 15.6. The highest BCUT2D eigenvalue weighted by Crippen LogP contribution is 2.33. The summed E-state index contributed by atoms with van der Waals surface area (Å²) in [5.74, 6) is -3.17. The zero-order valence-electron chi connectivity index (χ0n) is 11.4. The van der Waals surface area contributed by atoms with Crippen LogP contribution in [0.5, 0.6) is 0 Å². The summed E-state index contributed by atoms with van der Waals surface area (Å²) in [6.45, 7) is 1.29. The van der Waals surface area contributed by atoms with Crippen LogP contribution in [-0.4, -0.2) is 28.9 Å². The van der Waals surface area contributed by atoms with Crippen molar-refractivity contribution in [3.63, 3.8) is 0 Å². The number of halogens is 1. The average Bonchev–Trinajstić information content (AvgIpc) is 3.21. The minimum atomic E-state index is -1.13. The van der Waals surface area contributed by atoms with Crippen molar-refractivity contribution in [2.45, 2.75) is 25.8 Å². The van der Waals surface area contributed by atoms with Crippen LogP contribution >= 0.6 is 0 Å². The maximum Gasteiger partial charge on any atom is 0.326 e. The van der Waals surface area contributed by atoms with Crippen LogP contribution in [0, 0.1) is 11.7 Å². The summed E-state index contributed by atoms with van der Waals surface area (Å²) in [5.41, 5.74) is -0.0273. The number of carbonyl (C=O) groups excluding carboxylic acids is 2. The van der Waals surface area contributed by atoms with Gasteiger partial charge >= 0.3 is 5.97 Å². The molecule has 0 radical (unpaired) electrons. The molecule has 0 bridgehead atoms. The second kappa shape index (κ2) is 5.90. The standard InChI is InChI=1S/C14H15FN2O4/c1-7(18)16-9-4-5-11(15)10(6-9)13(19)17-12(14(20)21)8-2-3-8/h4-6,8,12H,2-3H2,1H3,(H,16,18)(H,17,19)(H,20,21). The van der Waals surface area contributed by atoms with E-state index in [1.807, 2.05) is 0 Å². The van der Waals surface area contributed by atoms with Crippen molar-refractivity contribution in [1.82, 2.24) is 5.32 Å². The Balaban J connectivity index is 2.17. The molecule has 0 saturated heterocycles. The Labute approximate surface area is 120 Å². The Morgan fingerprint density at radius 1 is 1.33 bits per heavy atom. The number of carbonyl (C=O) groups is 3. The van der Waals surface area contributed by atoms with E-state index in [2.05, 4.69) is 10.6 Å². The molecule has 1 saturated carbocycles. The first-order valence-electron chi connectivity index (χ1n) is 6.49. The van der Waals surface area contributed by atoms with E-state index in [-0.39, 0.29) is 23.1 Å². The first-order chi connectivity index (χ1) is 9.88. The molecule has 1 unspecified atom stereocenters. The van der Waals surface area contributed by atoms with Crippen molar-refractivity contribution in [2.24, 2.45) is 5.92 Å². The van der Waals surface area contributed by atoms with Crippen LogP contribution in [0.15, 0.2) is 18.2 Å². The molecule has 0 spiro atoms. The van der Waals surface area contributed by atoms with Gasteiger partial charge in [0, 0.05) is 12.6 Å². The summed E-state index contributed by atoms with van der Waals surface area (Å²) in [5, 5.41) is 13.8. The van der Waals surface area contributed by atoms with Crippen molar-refractivity contribution in [1.29, 1.82) is 0 Å². The number of rotatable bonds is 5. The second-order valence-electron chi connectivity index (χ2n) is 5.00. The first-order valence-corrected chi connectivity index (χ1v) is 6.49. The fourth-order valence-corrected chi connectivity index (χ4v) is 2.01. The minimum Gasteiger partial charge on any atom is -0.480 e. The highest BCUT2D eigenvalue weighted by Gasteiger charge is 2.37. The molecule has 1 aliphatic carbocycles. The predicted octanol–water partition coefficient (Wildman–Crippen LogP) is 1.38. The lowest BCUT2D eigenvalue weighted by atomic mass is 10.1. The molecular formula is C14H15FN2O4. The van der Waals surface area contributed by atoms with Crippen molar-refractivity contribution in [3.8, 4) is 0 Å². The molecule has 1 atom stereocenters. The van der Waals surface area contributed by atoms with Gasteiger partial charge < -0.3 is 15.7 Å². The Morgan fingerprint density at radius 2 is 2.00 bits per heavy atom. The van der Waals surface area contributed by atoms with Crippen molar-refractivity contribution < 1.29 is 23.9 Å². The third-order valence-corrected chi connectivity index (χ3v) is 3.18. The van der Waals surface area contributed by atoms with Gasteiger partial charge in [0.25, 0.3) is 5.91 Å². The lowest BCUT2D eigenvalue weighted by Crippen LogP contribution is -2.42. The van der Waals surface area contributed by atoms with E-state index in [0.29, 0.717) is 0 Å². The van der Waals surface area contributed by atoms with E-state index in [4.69, 9.17) is 5.11 Å². The topological polar surface area (TPSA) is 95.5 Å². The van der Waals surface area contributed by atoms with Gasteiger partial charge in [-0.05, 0) is 37.0 Å². The van der Waals surface area contributed by atoms with Crippen LogP contribution < -0.4 is 10.6 Å². The van der Waals surface area contributed by atoms with E-state index in [1.165, 1.54) is 19.1 Å². The molecule has 1 aromatic rings. The SMILES string of the molecule is CC(=O)Nc1ccc(F)c(C(=O)NC(C(=O)O)C2CC2)c1. The van der Waals surface area contributed by atoms with Gasteiger partial charge in [-0.2, -0.15) is 0 Å². The molecule has 2 amide bonds. The number of hydrogen-bond donors (Lipinski definition) is 3. The van der Waals surface area contributed by atoms with Gasteiger partial charge in [0.2, 0.25) is 5.91 Å². The number of carboxylic acids is 1. The molecule has 1 aliphatic rings. The van der Waals surface area contributed by atoms with Crippen LogP contribution in [0.1, 0.15) is 30.1 Å². The molecule has 0 aliphatic heterocycles. The van der Waals surface area contributed by atoms with Crippen molar-refractivity contribution in [3.05, 3.63) is 29.6 Å². The normalized spacial score (nSPS) is 15.1. The van der Waals surface area contributed by atoms with Crippen LogP contribution in [0.2, 0.25) is 0 Å². The summed E-state index contributed by atoms with van der Waals surface area (Å²) in [6.07, 6.45) is 1.46. The van der Waals surface area contributed by atoms with Gasteiger partial charge in [0.1, 0.15) is 11.9 Å². The number of benzene rings is 1. The Kier molecular flexibility index (Phi) is 4.21. The Hall–Kier alpha value is -2.44. The number of aliphatic carboxylic acids is 1. The lowest BCUT2D eigenvalue weighted by molar-refractivity contribution is -0.139. The third-order valence-electron chi connectivity index (χ3n) is 3.18. The highest BCUT2D eigenvalue weighted by atomic mass is 19.1. The summed E-state index contributed by atoms with van der Waals surface area (Å²) >= 11 is 0. The Bertz CT molecular complexity index is 599. The fraction of sp³-hybridized carbons (Fsp3) is 0.357. The van der Waals surface area contributed by atoms with E-state index in [0.717, 1.165) is 18.9 Å². The minimum absolute atomic E-state index is 0.104. The van der Waals surface area contributed by atoms with E-state index >= 15 is 0 Å². The molecule has 7 heteroatoms. The van der Waals surface area contributed by atoms with Crippen LogP contribution in [-0.2, 0) is 9.59 Å². The number of hydrogen-bond acceptors (Lipinski definition) is 3. The van der Waals surface area contributed by atoms with Crippen LogP contribution in [0.25, 0.3) is 0 Å². The summed E-state index contributed by atoms with van der Waals surface area (Å²) in [4.78, 5) is 34.1. The molecule has 1 aromatic carbocycles. The number of anilines is 1. The van der Waals surface area contributed by atoms with Crippen molar-refractivity contribution in [2.75, 3.05) is 5.32 Å². The average molecular weight is 294 g/mol. The smallest absolute Gasteiger partial charge is 0.326 e. The van der Waals surface area contributed by atoms with E-state index in [1.54, 1.807) is 0 Å². The number of nitrogens with one attached hydrogen (secondary N) is 2. The largest absolute Gasteiger partial charge is 0.480 e. The van der Waals surface area contributed by atoms with Gasteiger partial charge in [-0.15, -0.1) is 0 Å². The third kappa shape index (κ3) is 3.77. The second-order valence-corrected chi connectivity index (χ2v) is 5.00. The molecule has 0 aromatic heterocycles. The maximum atomic E-state index is 13.7. The molecule has 1 fully saturated rings. The number of amides is 2. The predicted molar refractivity (Wildman–Crippen MR) is 72.3 cm³/mol. The van der Waals surface area contributed by atoms with Gasteiger partial charge in [0.15, 0.2) is 0 Å². The first kappa shape index (κ1) is 15.0. The fourth-order valence-electron chi connectivity index (χ4n) is 2.01.